The minimum absolute atomic E-state index is 0.0531. The van der Waals surface area contributed by atoms with E-state index in [0.29, 0.717) is 12.8 Å². The number of hydrogen-bond donors (Lipinski definition) is 2. The normalized spacial score (nSPS) is 18.7. The van der Waals surface area contributed by atoms with Crippen LogP contribution in [0.2, 0.25) is 0 Å². The molecule has 0 aliphatic carbocycles. The number of nitrogens with zero attached hydrogens (tertiary/aromatic N) is 1. The number of aliphatic hydroxyl groups is 1. The van der Waals surface area contributed by atoms with Crippen LogP contribution in [0.25, 0.3) is 0 Å². The molecule has 0 bridgehead atoms. The summed E-state index contributed by atoms with van der Waals surface area (Å²) in [6.45, 7) is 0.468. The third kappa shape index (κ3) is 2.91. The molecule has 5 nitrogen and oxygen atoms in total. The number of nitrogen functional groups attached to an aromatic ring is 1. The zero-order chi connectivity index (χ0) is 14.2. The van der Waals surface area contributed by atoms with Crippen molar-refractivity contribution >= 4 is 31.6 Å². The van der Waals surface area contributed by atoms with Crippen molar-refractivity contribution in [3.05, 3.63) is 22.4 Å². The fraction of sp³-hybridized carbons (Fsp3) is 0.455. The Kier molecular flexibility index (Phi) is 4.14. The van der Waals surface area contributed by atoms with Gasteiger partial charge < -0.3 is 10.8 Å². The average molecular weight is 353 g/mol. The van der Waals surface area contributed by atoms with Gasteiger partial charge in [-0.25, -0.2) is 12.8 Å². The first-order chi connectivity index (χ1) is 8.82. The van der Waals surface area contributed by atoms with Gasteiger partial charge in [-0.15, -0.1) is 0 Å². The molecule has 0 saturated carbocycles. The molecule has 2 rings (SSSR count). The summed E-state index contributed by atoms with van der Waals surface area (Å²) in [4.78, 5) is -0.114. The molecule has 1 heterocycles. The number of nitrogens with two attached hydrogens (primary N) is 1. The van der Waals surface area contributed by atoms with E-state index in [-0.39, 0.29) is 28.1 Å². The van der Waals surface area contributed by atoms with Gasteiger partial charge in [-0.2, -0.15) is 4.31 Å². The predicted octanol–water partition coefficient (Wildman–Crippen LogP) is 1.32. The zero-order valence-electron chi connectivity index (χ0n) is 10.0. The molecule has 1 fully saturated rings. The van der Waals surface area contributed by atoms with Gasteiger partial charge in [-0.05, 0) is 40.9 Å². The topological polar surface area (TPSA) is 83.6 Å². The number of benzene rings is 1. The second-order valence-electron chi connectivity index (χ2n) is 4.44. The van der Waals surface area contributed by atoms with Crippen molar-refractivity contribution in [3.8, 4) is 0 Å². The monoisotopic (exact) mass is 352 g/mol. The summed E-state index contributed by atoms with van der Waals surface area (Å²) < 4.78 is 39.4. The highest BCUT2D eigenvalue weighted by Gasteiger charge is 2.30. The minimum Gasteiger partial charge on any atom is -0.398 e. The van der Waals surface area contributed by atoms with Crippen LogP contribution in [-0.2, 0) is 10.0 Å². The maximum absolute atomic E-state index is 13.3. The molecular formula is C11H14BrFN2O3S. The van der Waals surface area contributed by atoms with E-state index in [1.54, 1.807) is 0 Å². The summed E-state index contributed by atoms with van der Waals surface area (Å²) in [7, 11) is -3.75. The second-order valence-corrected chi connectivity index (χ2v) is 7.20. The lowest BCUT2D eigenvalue weighted by atomic mass is 10.1. The van der Waals surface area contributed by atoms with Gasteiger partial charge in [0.15, 0.2) is 0 Å². The molecule has 0 amide bonds. The molecule has 1 aromatic carbocycles. The summed E-state index contributed by atoms with van der Waals surface area (Å²) in [5.74, 6) is -0.606. The standard InChI is InChI=1S/C11H14BrFN2O3S/c12-8-5-11(10(14)6-9(8)13)19(17,18)15-3-1-7(16)2-4-15/h5-7,16H,1-4,14H2. The lowest BCUT2D eigenvalue weighted by Crippen LogP contribution is -2.40. The van der Waals surface area contributed by atoms with Crippen molar-refractivity contribution in [2.24, 2.45) is 0 Å². The van der Waals surface area contributed by atoms with Crippen molar-refractivity contribution in [3.63, 3.8) is 0 Å². The predicted molar refractivity (Wildman–Crippen MR) is 72.5 cm³/mol. The summed E-state index contributed by atoms with van der Waals surface area (Å²) in [5.41, 5.74) is 5.48. The van der Waals surface area contributed by atoms with E-state index in [1.807, 2.05) is 0 Å². The van der Waals surface area contributed by atoms with Crippen molar-refractivity contribution in [2.75, 3.05) is 18.8 Å². The van der Waals surface area contributed by atoms with Crippen LogP contribution in [0.15, 0.2) is 21.5 Å². The van der Waals surface area contributed by atoms with E-state index >= 15 is 0 Å². The van der Waals surface area contributed by atoms with E-state index in [1.165, 1.54) is 10.4 Å². The summed E-state index contributed by atoms with van der Waals surface area (Å²) in [6.07, 6.45) is 0.312. The largest absolute Gasteiger partial charge is 0.398 e. The van der Waals surface area contributed by atoms with Gasteiger partial charge in [-0.3, -0.25) is 0 Å². The number of hydrogen-bond acceptors (Lipinski definition) is 4. The number of sulfonamides is 1. The SMILES string of the molecule is Nc1cc(F)c(Br)cc1S(=O)(=O)N1CCC(O)CC1. The Labute approximate surface area is 119 Å². The maximum Gasteiger partial charge on any atom is 0.245 e. The second kappa shape index (κ2) is 5.35. The molecule has 0 unspecified atom stereocenters. The molecule has 1 saturated heterocycles. The number of aliphatic hydroxyl groups excluding tert-OH is 1. The van der Waals surface area contributed by atoms with E-state index in [0.717, 1.165) is 6.07 Å². The van der Waals surface area contributed by atoms with Crippen LogP contribution >= 0.6 is 15.9 Å². The van der Waals surface area contributed by atoms with Crippen LogP contribution in [0.1, 0.15) is 12.8 Å². The molecule has 1 aromatic rings. The Morgan fingerprint density at radius 2 is 1.95 bits per heavy atom. The highest BCUT2D eigenvalue weighted by molar-refractivity contribution is 9.10. The number of piperidine rings is 1. The molecule has 19 heavy (non-hydrogen) atoms. The van der Waals surface area contributed by atoms with Gasteiger partial charge in [0, 0.05) is 13.1 Å². The van der Waals surface area contributed by atoms with Crippen molar-refractivity contribution in [1.82, 2.24) is 4.31 Å². The highest BCUT2D eigenvalue weighted by atomic mass is 79.9. The van der Waals surface area contributed by atoms with Gasteiger partial charge >= 0.3 is 0 Å². The van der Waals surface area contributed by atoms with E-state index in [9.17, 15) is 17.9 Å². The average Bonchev–Trinajstić information content (AvgIpc) is 2.34. The number of halogens is 2. The van der Waals surface area contributed by atoms with E-state index < -0.39 is 21.9 Å². The summed E-state index contributed by atoms with van der Waals surface area (Å²) in [6, 6.07) is 2.15. The van der Waals surface area contributed by atoms with E-state index in [2.05, 4.69) is 15.9 Å². The lowest BCUT2D eigenvalue weighted by molar-refractivity contribution is 0.113. The molecule has 0 atom stereocenters. The molecule has 0 aromatic heterocycles. The smallest absolute Gasteiger partial charge is 0.245 e. The lowest BCUT2D eigenvalue weighted by Gasteiger charge is -2.29. The molecule has 1 aliphatic heterocycles. The number of rotatable bonds is 2. The van der Waals surface area contributed by atoms with Crippen LogP contribution < -0.4 is 5.73 Å². The molecule has 0 radical (unpaired) electrons. The van der Waals surface area contributed by atoms with Crippen LogP contribution in [0.4, 0.5) is 10.1 Å². The Hall–Kier alpha value is -0.700. The molecule has 1 aliphatic rings. The molecule has 0 spiro atoms. The van der Waals surface area contributed by atoms with Gasteiger partial charge in [0.1, 0.15) is 10.7 Å². The van der Waals surface area contributed by atoms with Crippen LogP contribution in [-0.4, -0.2) is 37.0 Å². The van der Waals surface area contributed by atoms with Gasteiger partial charge in [0.2, 0.25) is 10.0 Å². The first-order valence-corrected chi connectivity index (χ1v) is 7.98. The van der Waals surface area contributed by atoms with Crippen molar-refractivity contribution in [2.45, 2.75) is 23.8 Å². The summed E-state index contributed by atoms with van der Waals surface area (Å²) >= 11 is 2.95. The van der Waals surface area contributed by atoms with Gasteiger partial charge in [-0.1, -0.05) is 0 Å². The maximum atomic E-state index is 13.3. The highest BCUT2D eigenvalue weighted by Crippen LogP contribution is 2.29. The van der Waals surface area contributed by atoms with Crippen LogP contribution in [0, 0.1) is 5.82 Å². The first-order valence-electron chi connectivity index (χ1n) is 5.75. The molecule has 106 valence electrons. The van der Waals surface area contributed by atoms with Crippen LogP contribution in [0.5, 0.6) is 0 Å². The van der Waals surface area contributed by atoms with Gasteiger partial charge in [0.05, 0.1) is 16.3 Å². The van der Waals surface area contributed by atoms with Gasteiger partial charge in [0.25, 0.3) is 0 Å². The van der Waals surface area contributed by atoms with Crippen LogP contribution in [0.3, 0.4) is 0 Å². The third-order valence-corrected chi connectivity index (χ3v) is 5.66. The molecular weight excluding hydrogens is 339 g/mol. The van der Waals surface area contributed by atoms with Crippen molar-refractivity contribution < 1.29 is 17.9 Å². The van der Waals surface area contributed by atoms with Crippen molar-refractivity contribution in [1.29, 1.82) is 0 Å². The molecule has 3 N–H and O–H groups in total. The fourth-order valence-corrected chi connectivity index (χ4v) is 4.08. The third-order valence-electron chi connectivity index (χ3n) is 3.09. The Morgan fingerprint density at radius 1 is 1.37 bits per heavy atom. The first kappa shape index (κ1) is 14.7. The quantitative estimate of drug-likeness (QED) is 0.786. The minimum atomic E-state index is -3.75. The number of anilines is 1. The zero-order valence-corrected chi connectivity index (χ0v) is 12.4. The van der Waals surface area contributed by atoms with E-state index in [4.69, 9.17) is 5.73 Å². The Morgan fingerprint density at radius 3 is 2.53 bits per heavy atom. The Bertz CT molecular complexity index is 586. The molecule has 8 heteroatoms. The Balaban J connectivity index is 2.37. The fourth-order valence-electron chi connectivity index (χ4n) is 1.99. The summed E-state index contributed by atoms with van der Waals surface area (Å²) in [5, 5.41) is 9.40.